The molecule has 0 saturated heterocycles. The van der Waals surface area contributed by atoms with Crippen molar-refractivity contribution in [2.75, 3.05) is 32.2 Å². The highest BCUT2D eigenvalue weighted by Gasteiger charge is 2.43. The van der Waals surface area contributed by atoms with Gasteiger partial charge in [-0.05, 0) is 46.1 Å². The van der Waals surface area contributed by atoms with Crippen LogP contribution in [0, 0.1) is 5.41 Å². The van der Waals surface area contributed by atoms with Gasteiger partial charge in [-0.2, -0.15) is 0 Å². The predicted molar refractivity (Wildman–Crippen MR) is 126 cm³/mol. The van der Waals surface area contributed by atoms with Crippen LogP contribution in [0.15, 0.2) is 34.8 Å². The number of ether oxygens (including phenoxy) is 3. The van der Waals surface area contributed by atoms with Gasteiger partial charge in [0.25, 0.3) is 0 Å². The van der Waals surface area contributed by atoms with E-state index in [0.717, 1.165) is 27.0 Å². The van der Waals surface area contributed by atoms with Crippen molar-refractivity contribution in [1.29, 1.82) is 0 Å². The molecule has 1 aliphatic heterocycles. The molecule has 0 fully saturated rings. The monoisotopic (exact) mass is 579 g/mol. The minimum absolute atomic E-state index is 0.376. The number of methoxy groups -OCH3 is 3. The molecule has 3 rings (SSSR count). The van der Waals surface area contributed by atoms with Crippen LogP contribution in [0.2, 0.25) is 0 Å². The average molecular weight is 580 g/mol. The van der Waals surface area contributed by atoms with Crippen LogP contribution in [0.25, 0.3) is 0 Å². The van der Waals surface area contributed by atoms with Gasteiger partial charge in [0.2, 0.25) is 0 Å². The third kappa shape index (κ3) is 4.06. The standard InChI is InChI=1S/C20H23BrINO4S/c1-20(10-12-5-6-16(25-2)18(7-12)27-4)11-23(28-22)15-9-17(26-3)14(21)8-13(15)19(20)24/h5-9,19,24H,10-11H2,1-4H3. The van der Waals surface area contributed by atoms with Gasteiger partial charge in [-0.15, -0.1) is 0 Å². The Morgan fingerprint density at radius 1 is 1.14 bits per heavy atom. The van der Waals surface area contributed by atoms with Crippen molar-refractivity contribution in [1.82, 2.24) is 0 Å². The first kappa shape index (κ1) is 21.9. The first-order valence-corrected chi connectivity index (χ1v) is 12.8. The van der Waals surface area contributed by atoms with Crippen LogP contribution in [0.4, 0.5) is 5.69 Å². The second-order valence-electron chi connectivity index (χ2n) is 7.07. The van der Waals surface area contributed by atoms with E-state index in [-0.39, 0.29) is 5.41 Å². The summed E-state index contributed by atoms with van der Waals surface area (Å²) < 4.78 is 19.3. The van der Waals surface area contributed by atoms with Crippen molar-refractivity contribution in [3.63, 3.8) is 0 Å². The van der Waals surface area contributed by atoms with Crippen molar-refractivity contribution < 1.29 is 19.3 Å². The summed E-state index contributed by atoms with van der Waals surface area (Å²) >= 11 is 5.83. The third-order valence-electron chi connectivity index (χ3n) is 5.17. The summed E-state index contributed by atoms with van der Waals surface area (Å²) in [6.07, 6.45) is 0.0864. The van der Waals surface area contributed by atoms with E-state index in [1.165, 1.54) is 0 Å². The molecule has 2 atom stereocenters. The summed E-state index contributed by atoms with van der Waals surface area (Å²) in [4.78, 5) is 0. The number of aliphatic hydroxyl groups excluding tert-OH is 1. The van der Waals surface area contributed by atoms with Gasteiger partial charge in [0.05, 0.1) is 37.6 Å². The molecule has 2 aromatic carbocycles. The number of hydrogen-bond acceptors (Lipinski definition) is 6. The van der Waals surface area contributed by atoms with Crippen LogP contribution in [-0.4, -0.2) is 33.0 Å². The number of aliphatic hydroxyl groups is 1. The summed E-state index contributed by atoms with van der Waals surface area (Å²) in [6, 6.07) is 9.86. The van der Waals surface area contributed by atoms with Crippen LogP contribution in [-0.2, 0) is 6.42 Å². The minimum Gasteiger partial charge on any atom is -0.495 e. The molecule has 0 aliphatic carbocycles. The summed E-state index contributed by atoms with van der Waals surface area (Å²) in [5.74, 6) is 2.15. The van der Waals surface area contributed by atoms with Crippen molar-refractivity contribution >= 4 is 51.9 Å². The largest absolute Gasteiger partial charge is 0.495 e. The number of hydrogen-bond donors (Lipinski definition) is 1. The number of anilines is 1. The lowest BCUT2D eigenvalue weighted by Gasteiger charge is -2.45. The molecule has 0 bridgehead atoms. The molecule has 0 saturated carbocycles. The van der Waals surface area contributed by atoms with E-state index in [9.17, 15) is 5.11 Å². The molecule has 2 aromatic rings. The smallest absolute Gasteiger partial charge is 0.160 e. The Labute approximate surface area is 190 Å². The molecule has 152 valence electrons. The number of halogens is 2. The molecule has 1 aliphatic rings. The maximum atomic E-state index is 11.3. The summed E-state index contributed by atoms with van der Waals surface area (Å²) in [5.41, 5.74) is 2.59. The number of rotatable bonds is 6. The van der Waals surface area contributed by atoms with Crippen molar-refractivity contribution in [3.8, 4) is 17.2 Å². The highest BCUT2D eigenvalue weighted by Crippen LogP contribution is 2.51. The maximum absolute atomic E-state index is 11.3. The second kappa shape index (κ2) is 8.89. The second-order valence-corrected chi connectivity index (χ2v) is 9.69. The van der Waals surface area contributed by atoms with E-state index in [4.69, 9.17) is 14.2 Å². The van der Waals surface area contributed by atoms with E-state index in [0.29, 0.717) is 24.5 Å². The SMILES string of the molecule is COc1cc2c(cc1Br)C(O)C(C)(Cc1ccc(OC)c(OC)c1)CN2SI. The molecule has 0 amide bonds. The van der Waals surface area contributed by atoms with Gasteiger partial charge in [-0.3, -0.25) is 0 Å². The molecule has 1 N–H and O–H groups in total. The first-order valence-electron chi connectivity index (χ1n) is 8.69. The van der Waals surface area contributed by atoms with Crippen LogP contribution < -0.4 is 18.5 Å². The molecule has 1 heterocycles. The molecule has 2 unspecified atom stereocenters. The van der Waals surface area contributed by atoms with Crippen molar-refractivity contribution in [2.24, 2.45) is 5.41 Å². The molecular weight excluding hydrogens is 557 g/mol. The normalized spacial score (nSPS) is 21.2. The van der Waals surface area contributed by atoms with Crippen molar-refractivity contribution in [2.45, 2.75) is 19.4 Å². The minimum atomic E-state index is -0.613. The maximum Gasteiger partial charge on any atom is 0.160 e. The first-order chi connectivity index (χ1) is 13.4. The Morgan fingerprint density at radius 2 is 1.82 bits per heavy atom. The zero-order valence-corrected chi connectivity index (χ0v) is 20.7. The van der Waals surface area contributed by atoms with Gasteiger partial charge in [0.15, 0.2) is 11.5 Å². The average Bonchev–Trinajstić information content (AvgIpc) is 2.70. The predicted octanol–water partition coefficient (Wildman–Crippen LogP) is 5.58. The van der Waals surface area contributed by atoms with Crippen LogP contribution in [0.5, 0.6) is 17.2 Å². The lowest BCUT2D eigenvalue weighted by atomic mass is 9.73. The van der Waals surface area contributed by atoms with Gasteiger partial charge in [-0.25, -0.2) is 0 Å². The number of nitrogens with zero attached hydrogens (tertiary/aromatic N) is 1. The molecular formula is C20H23BrINO4S. The molecule has 0 spiro atoms. The Bertz CT molecular complexity index is 868. The highest BCUT2D eigenvalue weighted by molar-refractivity contribution is 14.2. The molecule has 8 heteroatoms. The third-order valence-corrected chi connectivity index (χ3v) is 7.71. The molecule has 5 nitrogen and oxygen atoms in total. The van der Waals surface area contributed by atoms with E-state index in [2.05, 4.69) is 48.4 Å². The Balaban J connectivity index is 1.99. The summed E-state index contributed by atoms with van der Waals surface area (Å²) in [6.45, 7) is 2.82. The Hall–Kier alpha value is -0.840. The van der Waals surface area contributed by atoms with Crippen LogP contribution in [0.1, 0.15) is 24.2 Å². The van der Waals surface area contributed by atoms with Gasteiger partial charge in [0.1, 0.15) is 5.75 Å². The lowest BCUT2D eigenvalue weighted by Crippen LogP contribution is -2.43. The van der Waals surface area contributed by atoms with E-state index in [1.54, 1.807) is 30.4 Å². The van der Waals surface area contributed by atoms with Gasteiger partial charge >= 0.3 is 0 Å². The summed E-state index contributed by atoms with van der Waals surface area (Å²) in [7, 11) is 6.53. The zero-order chi connectivity index (χ0) is 20.5. The number of benzene rings is 2. The zero-order valence-electron chi connectivity index (χ0n) is 16.2. The topological polar surface area (TPSA) is 51.2 Å². The van der Waals surface area contributed by atoms with Crippen LogP contribution >= 0.6 is 46.3 Å². The summed E-state index contributed by atoms with van der Waals surface area (Å²) in [5, 5.41) is 11.3. The van der Waals surface area contributed by atoms with Gasteiger partial charge in [0, 0.05) is 53.9 Å². The van der Waals surface area contributed by atoms with E-state index < -0.39 is 6.10 Å². The Kier molecular flexibility index (Phi) is 6.94. The molecule has 0 aromatic heterocycles. The van der Waals surface area contributed by atoms with Gasteiger partial charge in [-0.1, -0.05) is 13.0 Å². The molecule has 0 radical (unpaired) electrons. The lowest BCUT2D eigenvalue weighted by molar-refractivity contribution is 0.0378. The Morgan fingerprint density at radius 3 is 2.43 bits per heavy atom. The van der Waals surface area contributed by atoms with Crippen molar-refractivity contribution in [3.05, 3.63) is 45.9 Å². The van der Waals surface area contributed by atoms with E-state index in [1.807, 2.05) is 30.3 Å². The highest BCUT2D eigenvalue weighted by atomic mass is 127. The van der Waals surface area contributed by atoms with Gasteiger partial charge < -0.3 is 23.6 Å². The van der Waals surface area contributed by atoms with Crippen LogP contribution in [0.3, 0.4) is 0 Å². The fraction of sp³-hybridized carbons (Fsp3) is 0.400. The van der Waals surface area contributed by atoms with E-state index >= 15 is 0 Å². The molecule has 28 heavy (non-hydrogen) atoms. The fourth-order valence-electron chi connectivity index (χ4n) is 3.70. The quantitative estimate of drug-likeness (QED) is 0.356. The fourth-order valence-corrected chi connectivity index (χ4v) is 5.85. The number of fused-ring (bicyclic) bond motifs is 1.